The molecule has 5 rings (SSSR count). The molecule has 1 N–H and O–H groups in total. The number of benzene rings is 2. The highest BCUT2D eigenvalue weighted by atomic mass is 79.9. The van der Waals surface area contributed by atoms with E-state index in [4.69, 9.17) is 4.98 Å². The number of amides is 1. The van der Waals surface area contributed by atoms with Crippen LogP contribution < -0.4 is 10.2 Å². The molecule has 3 heterocycles. The minimum Gasteiger partial charge on any atom is -0.347 e. The Balaban J connectivity index is 1.38. The number of hydrogen-bond acceptors (Lipinski definition) is 5. The third kappa shape index (κ3) is 3.97. The number of fused-ring (bicyclic) bond motifs is 1. The Morgan fingerprint density at radius 1 is 1.16 bits per heavy atom. The number of carbonyl (C=O) groups excluding carboxylic acids is 1. The predicted octanol–water partition coefficient (Wildman–Crippen LogP) is 5.41. The van der Waals surface area contributed by atoms with Crippen molar-refractivity contribution in [1.82, 2.24) is 14.8 Å². The zero-order chi connectivity index (χ0) is 21.4. The lowest BCUT2D eigenvalue weighted by Crippen LogP contribution is -2.40. The molecule has 0 radical (unpaired) electrons. The number of aryl methyl sites for hydroxylation is 1. The van der Waals surface area contributed by atoms with Crippen LogP contribution >= 0.6 is 27.3 Å². The van der Waals surface area contributed by atoms with Gasteiger partial charge in [-0.1, -0.05) is 41.7 Å². The minimum absolute atomic E-state index is 0.0596. The summed E-state index contributed by atoms with van der Waals surface area (Å²) in [6.45, 7) is 3.60. The first-order valence-electron chi connectivity index (χ1n) is 10.3. The van der Waals surface area contributed by atoms with E-state index in [1.807, 2.05) is 66.2 Å². The Kier molecular flexibility index (Phi) is 5.50. The fraction of sp³-hybridized carbons (Fsp3) is 0.261. The summed E-state index contributed by atoms with van der Waals surface area (Å²) in [6.07, 6.45) is 1.85. The molecule has 4 aromatic rings. The third-order valence-electron chi connectivity index (χ3n) is 5.57. The van der Waals surface area contributed by atoms with Crippen molar-refractivity contribution in [2.24, 2.45) is 5.92 Å². The van der Waals surface area contributed by atoms with Gasteiger partial charge in [0.1, 0.15) is 0 Å². The van der Waals surface area contributed by atoms with Crippen LogP contribution in [0.4, 0.5) is 10.8 Å². The van der Waals surface area contributed by atoms with E-state index < -0.39 is 0 Å². The maximum absolute atomic E-state index is 12.9. The summed E-state index contributed by atoms with van der Waals surface area (Å²) in [6, 6.07) is 17.8. The second-order valence-electron chi connectivity index (χ2n) is 7.74. The van der Waals surface area contributed by atoms with Crippen molar-refractivity contribution < 1.29 is 4.79 Å². The number of carbonyl (C=O) groups is 1. The molecule has 0 bridgehead atoms. The summed E-state index contributed by atoms with van der Waals surface area (Å²) in [7, 11) is 0. The molecule has 0 aliphatic carbocycles. The van der Waals surface area contributed by atoms with Gasteiger partial charge in [-0.05, 0) is 60.0 Å². The van der Waals surface area contributed by atoms with E-state index >= 15 is 0 Å². The molecule has 1 saturated heterocycles. The van der Waals surface area contributed by atoms with Crippen molar-refractivity contribution in [3.8, 4) is 5.69 Å². The van der Waals surface area contributed by atoms with Gasteiger partial charge in [-0.3, -0.25) is 4.79 Å². The topological polar surface area (TPSA) is 63.1 Å². The van der Waals surface area contributed by atoms with Crippen LogP contribution in [0, 0.1) is 12.8 Å². The minimum atomic E-state index is -0.0698. The average molecular weight is 496 g/mol. The molecule has 8 heteroatoms. The molecule has 1 aliphatic rings. The van der Waals surface area contributed by atoms with Crippen LogP contribution in [-0.2, 0) is 4.79 Å². The first kappa shape index (κ1) is 20.2. The zero-order valence-electron chi connectivity index (χ0n) is 17.1. The van der Waals surface area contributed by atoms with Crippen LogP contribution in [0.1, 0.15) is 18.5 Å². The largest absolute Gasteiger partial charge is 0.347 e. The highest BCUT2D eigenvalue weighted by Gasteiger charge is 2.28. The van der Waals surface area contributed by atoms with Gasteiger partial charge in [0.25, 0.3) is 0 Å². The Labute approximate surface area is 193 Å². The molecule has 1 unspecified atom stereocenters. The van der Waals surface area contributed by atoms with Crippen molar-refractivity contribution >= 4 is 54.3 Å². The van der Waals surface area contributed by atoms with Gasteiger partial charge in [0.2, 0.25) is 5.91 Å². The summed E-state index contributed by atoms with van der Waals surface area (Å²) >= 11 is 5.16. The lowest BCUT2D eigenvalue weighted by Gasteiger charge is -2.31. The van der Waals surface area contributed by atoms with Crippen molar-refractivity contribution in [3.05, 3.63) is 64.8 Å². The van der Waals surface area contributed by atoms with Gasteiger partial charge in [0, 0.05) is 17.6 Å². The summed E-state index contributed by atoms with van der Waals surface area (Å²) in [5.74, 6) is -0.0102. The van der Waals surface area contributed by atoms with Gasteiger partial charge in [-0.15, -0.1) is 0 Å². The lowest BCUT2D eigenvalue weighted by atomic mass is 9.97. The average Bonchev–Trinajstić information content (AvgIpc) is 3.37. The van der Waals surface area contributed by atoms with Crippen molar-refractivity contribution in [2.75, 3.05) is 23.3 Å². The van der Waals surface area contributed by atoms with Crippen molar-refractivity contribution in [1.29, 1.82) is 0 Å². The maximum atomic E-state index is 12.9. The lowest BCUT2D eigenvalue weighted by molar-refractivity contribution is -0.120. The van der Waals surface area contributed by atoms with E-state index in [1.165, 1.54) is 0 Å². The summed E-state index contributed by atoms with van der Waals surface area (Å²) in [5.41, 5.74) is 3.66. The standard InChI is InChI=1S/C23H22BrN5OS/c1-15-20-21(29(27-15)17-9-3-2-4-10-17)26-23(31-20)28-13-7-8-16(14-28)22(30)25-19-12-6-5-11-18(19)24/h2-6,9-12,16H,7-8,13-14H2,1H3,(H,25,30). The fourth-order valence-corrected chi connectivity index (χ4v) is 5.38. The number of nitrogens with zero attached hydrogens (tertiary/aromatic N) is 4. The molecule has 158 valence electrons. The Hall–Kier alpha value is -2.71. The van der Waals surface area contributed by atoms with Crippen molar-refractivity contribution in [3.63, 3.8) is 0 Å². The second-order valence-corrected chi connectivity index (χ2v) is 9.57. The summed E-state index contributed by atoms with van der Waals surface area (Å²) in [5, 5.41) is 8.71. The number of nitrogens with one attached hydrogen (secondary N) is 1. The summed E-state index contributed by atoms with van der Waals surface area (Å²) < 4.78 is 3.90. The molecule has 0 saturated carbocycles. The Bertz CT molecular complexity index is 1240. The number of rotatable bonds is 4. The highest BCUT2D eigenvalue weighted by molar-refractivity contribution is 9.10. The number of aromatic nitrogens is 3. The van der Waals surface area contributed by atoms with Crippen LogP contribution in [0.25, 0.3) is 16.0 Å². The molecular formula is C23H22BrN5OS. The number of para-hydroxylation sites is 2. The SMILES string of the molecule is Cc1nn(-c2ccccc2)c2nc(N3CCCC(C(=O)Nc4ccccc4Br)C3)sc12. The number of thiazole rings is 1. The summed E-state index contributed by atoms with van der Waals surface area (Å²) in [4.78, 5) is 20.1. The molecule has 2 aromatic carbocycles. The smallest absolute Gasteiger partial charge is 0.229 e. The van der Waals surface area contributed by atoms with Gasteiger partial charge >= 0.3 is 0 Å². The van der Waals surface area contributed by atoms with Crippen LogP contribution in [0.3, 0.4) is 0 Å². The van der Waals surface area contributed by atoms with Crippen LogP contribution in [0.2, 0.25) is 0 Å². The third-order valence-corrected chi connectivity index (χ3v) is 7.48. The number of hydrogen-bond donors (Lipinski definition) is 1. The molecule has 1 aliphatic heterocycles. The van der Waals surface area contributed by atoms with E-state index in [1.54, 1.807) is 11.3 Å². The number of anilines is 2. The van der Waals surface area contributed by atoms with Gasteiger partial charge in [-0.25, -0.2) is 4.68 Å². The van der Waals surface area contributed by atoms with Gasteiger partial charge in [0.15, 0.2) is 10.8 Å². The van der Waals surface area contributed by atoms with Gasteiger partial charge in [0.05, 0.1) is 27.7 Å². The number of piperidine rings is 1. The monoisotopic (exact) mass is 495 g/mol. The molecule has 2 aromatic heterocycles. The fourth-order valence-electron chi connectivity index (χ4n) is 3.97. The van der Waals surface area contributed by atoms with Crippen LogP contribution in [-0.4, -0.2) is 33.8 Å². The normalized spacial score (nSPS) is 16.6. The maximum Gasteiger partial charge on any atom is 0.229 e. The van der Waals surface area contributed by atoms with E-state index in [2.05, 4.69) is 31.2 Å². The Morgan fingerprint density at radius 2 is 1.94 bits per heavy atom. The molecule has 1 atom stereocenters. The van der Waals surface area contributed by atoms with Gasteiger partial charge < -0.3 is 10.2 Å². The predicted molar refractivity (Wildman–Crippen MR) is 129 cm³/mol. The molecule has 1 amide bonds. The number of halogens is 1. The first-order chi connectivity index (χ1) is 15.1. The molecule has 31 heavy (non-hydrogen) atoms. The van der Waals surface area contributed by atoms with E-state index in [9.17, 15) is 4.79 Å². The molecule has 0 spiro atoms. The Morgan fingerprint density at radius 3 is 2.74 bits per heavy atom. The van der Waals surface area contributed by atoms with Crippen molar-refractivity contribution in [2.45, 2.75) is 19.8 Å². The first-order valence-corrected chi connectivity index (χ1v) is 11.9. The molecule has 6 nitrogen and oxygen atoms in total. The quantitative estimate of drug-likeness (QED) is 0.411. The molecule has 1 fully saturated rings. The second kappa shape index (κ2) is 8.43. The van der Waals surface area contributed by atoms with Crippen LogP contribution in [0.5, 0.6) is 0 Å². The van der Waals surface area contributed by atoms with E-state index in [-0.39, 0.29) is 11.8 Å². The van der Waals surface area contributed by atoms with E-state index in [0.717, 1.165) is 56.4 Å². The van der Waals surface area contributed by atoms with E-state index in [0.29, 0.717) is 6.54 Å². The zero-order valence-corrected chi connectivity index (χ0v) is 19.5. The van der Waals surface area contributed by atoms with Crippen LogP contribution in [0.15, 0.2) is 59.1 Å². The van der Waals surface area contributed by atoms with Gasteiger partial charge in [-0.2, -0.15) is 10.1 Å². The highest BCUT2D eigenvalue weighted by Crippen LogP contribution is 2.34. The molecular weight excluding hydrogens is 474 g/mol.